The summed E-state index contributed by atoms with van der Waals surface area (Å²) >= 11 is 0. The van der Waals surface area contributed by atoms with Crippen molar-refractivity contribution in [1.82, 2.24) is 20.0 Å². The Labute approximate surface area is 182 Å². The van der Waals surface area contributed by atoms with E-state index in [0.717, 1.165) is 49.7 Å². The van der Waals surface area contributed by atoms with Gasteiger partial charge in [-0.05, 0) is 49.9 Å². The quantitative estimate of drug-likeness (QED) is 0.660. The van der Waals surface area contributed by atoms with E-state index in [1.54, 1.807) is 16.9 Å². The van der Waals surface area contributed by atoms with E-state index in [1.165, 1.54) is 12.1 Å². The maximum absolute atomic E-state index is 14.1. The molecule has 1 aromatic heterocycles. The molecule has 0 aliphatic carbocycles. The molecule has 1 saturated heterocycles. The molecule has 1 N–H and O–H groups in total. The number of amides is 1. The summed E-state index contributed by atoms with van der Waals surface area (Å²) in [6.45, 7) is 8.80. The lowest BCUT2D eigenvalue weighted by atomic mass is 10.0. The molecule has 1 aliphatic heterocycles. The van der Waals surface area contributed by atoms with Crippen molar-refractivity contribution in [3.05, 3.63) is 77.9 Å². The number of hydrogen-bond acceptors (Lipinski definition) is 4. The van der Waals surface area contributed by atoms with E-state index in [9.17, 15) is 9.18 Å². The Kier molecular flexibility index (Phi) is 6.32. The van der Waals surface area contributed by atoms with E-state index in [-0.39, 0.29) is 17.8 Å². The molecule has 1 unspecified atom stereocenters. The van der Waals surface area contributed by atoms with Crippen molar-refractivity contribution in [3.8, 4) is 5.69 Å². The average Bonchev–Trinajstić information content (AvgIpc) is 3.30. The van der Waals surface area contributed by atoms with Crippen LogP contribution in [0.4, 0.5) is 10.1 Å². The molecular weight excluding hydrogens is 393 g/mol. The highest BCUT2D eigenvalue weighted by Crippen LogP contribution is 2.28. The van der Waals surface area contributed by atoms with E-state index < -0.39 is 0 Å². The number of benzene rings is 2. The fourth-order valence-electron chi connectivity index (χ4n) is 3.98. The fraction of sp³-hybridized carbons (Fsp3) is 0.333. The van der Waals surface area contributed by atoms with Crippen LogP contribution in [0.25, 0.3) is 5.69 Å². The van der Waals surface area contributed by atoms with E-state index in [2.05, 4.69) is 27.1 Å². The van der Waals surface area contributed by atoms with Crippen molar-refractivity contribution in [2.24, 2.45) is 0 Å². The normalized spacial score (nSPS) is 15.6. The van der Waals surface area contributed by atoms with Crippen molar-refractivity contribution < 1.29 is 9.18 Å². The zero-order valence-electron chi connectivity index (χ0n) is 18.0. The zero-order chi connectivity index (χ0) is 21.8. The van der Waals surface area contributed by atoms with Gasteiger partial charge in [0, 0.05) is 43.6 Å². The lowest BCUT2D eigenvalue weighted by molar-refractivity contribution is 0.0934. The first-order valence-corrected chi connectivity index (χ1v) is 10.7. The Bertz CT molecular complexity index is 1030. The molecule has 1 amide bonds. The summed E-state index contributed by atoms with van der Waals surface area (Å²) in [5.74, 6) is -0.589. The molecule has 162 valence electrons. The van der Waals surface area contributed by atoms with Crippen LogP contribution in [0.2, 0.25) is 0 Å². The van der Waals surface area contributed by atoms with Crippen LogP contribution in [0, 0.1) is 5.82 Å². The Balaban J connectivity index is 1.49. The number of nitrogens with one attached hydrogen (secondary N) is 1. The number of rotatable bonds is 6. The van der Waals surface area contributed by atoms with Crippen LogP contribution < -0.4 is 10.2 Å². The maximum atomic E-state index is 14.1. The zero-order valence-corrected chi connectivity index (χ0v) is 18.0. The maximum Gasteiger partial charge on any atom is 0.272 e. The van der Waals surface area contributed by atoms with Crippen molar-refractivity contribution in [3.63, 3.8) is 0 Å². The van der Waals surface area contributed by atoms with Gasteiger partial charge in [0.2, 0.25) is 0 Å². The molecule has 31 heavy (non-hydrogen) atoms. The van der Waals surface area contributed by atoms with Crippen LogP contribution in [0.3, 0.4) is 0 Å². The third kappa shape index (κ3) is 4.77. The number of hydrogen-bond donors (Lipinski definition) is 1. The molecule has 1 fully saturated rings. The first-order valence-electron chi connectivity index (χ1n) is 10.7. The van der Waals surface area contributed by atoms with Crippen LogP contribution in [-0.4, -0.2) is 53.3 Å². The summed E-state index contributed by atoms with van der Waals surface area (Å²) in [5.41, 5.74) is 2.96. The molecule has 3 aromatic rings. The second-order valence-corrected chi connectivity index (χ2v) is 7.80. The minimum absolute atomic E-state index is 0.284. The fourth-order valence-corrected chi connectivity index (χ4v) is 3.98. The highest BCUT2D eigenvalue weighted by atomic mass is 19.1. The van der Waals surface area contributed by atoms with Crippen LogP contribution in [0.1, 0.15) is 35.9 Å². The summed E-state index contributed by atoms with van der Waals surface area (Å²) in [6, 6.07) is 15.8. The highest BCUT2D eigenvalue weighted by molar-refractivity contribution is 5.92. The Morgan fingerprint density at radius 3 is 2.55 bits per heavy atom. The second kappa shape index (κ2) is 9.31. The predicted molar refractivity (Wildman–Crippen MR) is 120 cm³/mol. The molecule has 0 saturated carbocycles. The van der Waals surface area contributed by atoms with Crippen molar-refractivity contribution in [2.75, 3.05) is 37.6 Å². The summed E-state index contributed by atoms with van der Waals surface area (Å²) in [7, 11) is 0. The Hall–Kier alpha value is -3.19. The van der Waals surface area contributed by atoms with E-state index in [1.807, 2.05) is 43.3 Å². The molecular formula is C24H28FN5O. The van der Waals surface area contributed by atoms with Crippen molar-refractivity contribution in [2.45, 2.75) is 19.9 Å². The number of para-hydroxylation sites is 1. The first-order chi connectivity index (χ1) is 15.0. The lowest BCUT2D eigenvalue weighted by Gasteiger charge is -2.37. The smallest absolute Gasteiger partial charge is 0.272 e. The standard InChI is InChI=1S/C24H28FN5O/c1-3-28-13-15-29(16-14-28)23-10-9-19(25)17-21(23)18(2)26-24(31)22-11-12-30(27-22)20-7-5-4-6-8-20/h4-12,17-18H,3,13-16H2,1-2H3,(H,26,31). The number of halogens is 1. The number of carbonyl (C=O) groups excluding carboxylic acids is 1. The Morgan fingerprint density at radius 1 is 1.10 bits per heavy atom. The Morgan fingerprint density at radius 2 is 1.84 bits per heavy atom. The molecule has 7 heteroatoms. The number of carbonyl (C=O) groups is 1. The third-order valence-electron chi connectivity index (χ3n) is 5.81. The van der Waals surface area contributed by atoms with Gasteiger partial charge in [0.1, 0.15) is 5.82 Å². The highest BCUT2D eigenvalue weighted by Gasteiger charge is 2.22. The number of piperazine rings is 1. The SMILES string of the molecule is CCN1CCN(c2ccc(F)cc2C(C)NC(=O)c2ccn(-c3ccccc3)n2)CC1. The number of likely N-dealkylation sites (N-methyl/N-ethyl adjacent to an activating group) is 1. The van der Waals surface area contributed by atoms with Crippen LogP contribution in [0.15, 0.2) is 60.8 Å². The van der Waals surface area contributed by atoms with Gasteiger partial charge in [-0.25, -0.2) is 9.07 Å². The first kappa shape index (κ1) is 21.1. The molecule has 1 atom stereocenters. The molecule has 0 spiro atoms. The molecule has 6 nitrogen and oxygen atoms in total. The summed E-state index contributed by atoms with van der Waals surface area (Å²) in [4.78, 5) is 17.5. The minimum atomic E-state index is -0.357. The number of anilines is 1. The largest absolute Gasteiger partial charge is 0.369 e. The molecule has 2 heterocycles. The van der Waals surface area contributed by atoms with Gasteiger partial charge in [-0.15, -0.1) is 0 Å². The molecule has 1 aliphatic rings. The van der Waals surface area contributed by atoms with Gasteiger partial charge in [0.15, 0.2) is 5.69 Å². The molecule has 0 radical (unpaired) electrons. The summed E-state index contributed by atoms with van der Waals surface area (Å²) < 4.78 is 15.8. The lowest BCUT2D eigenvalue weighted by Crippen LogP contribution is -2.46. The minimum Gasteiger partial charge on any atom is -0.369 e. The van der Waals surface area contributed by atoms with E-state index >= 15 is 0 Å². The van der Waals surface area contributed by atoms with Gasteiger partial charge in [0.25, 0.3) is 5.91 Å². The summed E-state index contributed by atoms with van der Waals surface area (Å²) in [6.07, 6.45) is 1.76. The summed E-state index contributed by atoms with van der Waals surface area (Å²) in [5, 5.41) is 7.37. The molecule has 4 rings (SSSR count). The van der Waals surface area contributed by atoms with E-state index in [0.29, 0.717) is 5.69 Å². The molecule has 2 aromatic carbocycles. The number of aromatic nitrogens is 2. The number of nitrogens with zero attached hydrogens (tertiary/aromatic N) is 4. The van der Waals surface area contributed by atoms with Gasteiger partial charge in [-0.3, -0.25) is 4.79 Å². The van der Waals surface area contributed by atoms with Gasteiger partial charge >= 0.3 is 0 Å². The van der Waals surface area contributed by atoms with Crippen LogP contribution in [0.5, 0.6) is 0 Å². The predicted octanol–water partition coefficient (Wildman–Crippen LogP) is 3.64. The van der Waals surface area contributed by atoms with E-state index in [4.69, 9.17) is 0 Å². The topological polar surface area (TPSA) is 53.4 Å². The second-order valence-electron chi connectivity index (χ2n) is 7.80. The molecule has 0 bridgehead atoms. The third-order valence-corrected chi connectivity index (χ3v) is 5.81. The average molecular weight is 422 g/mol. The van der Waals surface area contributed by atoms with Gasteiger partial charge in [0.05, 0.1) is 11.7 Å². The van der Waals surface area contributed by atoms with Gasteiger partial charge < -0.3 is 15.1 Å². The van der Waals surface area contributed by atoms with Gasteiger partial charge in [-0.1, -0.05) is 25.1 Å². The van der Waals surface area contributed by atoms with Crippen molar-refractivity contribution >= 4 is 11.6 Å². The van der Waals surface area contributed by atoms with Crippen LogP contribution >= 0.6 is 0 Å². The van der Waals surface area contributed by atoms with Crippen molar-refractivity contribution in [1.29, 1.82) is 0 Å². The van der Waals surface area contributed by atoms with Crippen LogP contribution in [-0.2, 0) is 0 Å². The van der Waals surface area contributed by atoms with Gasteiger partial charge in [-0.2, -0.15) is 5.10 Å². The monoisotopic (exact) mass is 421 g/mol.